The molecule has 3 rings (SSSR count). The molecule has 1 atom stereocenters. The van der Waals surface area contributed by atoms with Gasteiger partial charge in [0.1, 0.15) is 11.4 Å². The number of nitrogens with two attached hydrogens (primary N) is 1. The van der Waals surface area contributed by atoms with E-state index in [0.717, 1.165) is 18.7 Å². The van der Waals surface area contributed by atoms with Crippen LogP contribution in [0.1, 0.15) is 54.7 Å². The minimum atomic E-state index is 0.0943. The van der Waals surface area contributed by atoms with Crippen molar-refractivity contribution >= 4 is 0 Å². The predicted molar refractivity (Wildman–Crippen MR) is 74.2 cm³/mol. The van der Waals surface area contributed by atoms with Gasteiger partial charge in [0.05, 0.1) is 0 Å². The zero-order chi connectivity index (χ0) is 12.8. The smallest absolute Gasteiger partial charge is 0.126 e. The van der Waals surface area contributed by atoms with Crippen LogP contribution in [0, 0.1) is 13.8 Å². The van der Waals surface area contributed by atoms with Gasteiger partial charge in [0.25, 0.3) is 0 Å². The molecule has 0 amide bonds. The number of ether oxygens (including phenoxy) is 1. The number of aryl methyl sites for hydroxylation is 2. The van der Waals surface area contributed by atoms with Crippen LogP contribution >= 0.6 is 0 Å². The van der Waals surface area contributed by atoms with Crippen LogP contribution in [0.4, 0.5) is 0 Å². The highest BCUT2D eigenvalue weighted by Crippen LogP contribution is 2.48. The summed E-state index contributed by atoms with van der Waals surface area (Å²) >= 11 is 0. The van der Waals surface area contributed by atoms with Crippen LogP contribution in [-0.4, -0.2) is 12.1 Å². The summed E-state index contributed by atoms with van der Waals surface area (Å²) in [5.74, 6) is 1.61. The third-order valence-corrected chi connectivity index (χ3v) is 4.62. The highest BCUT2D eigenvalue weighted by molar-refractivity contribution is 5.48. The van der Waals surface area contributed by atoms with Gasteiger partial charge >= 0.3 is 0 Å². The molecule has 2 nitrogen and oxygen atoms in total. The van der Waals surface area contributed by atoms with Crippen molar-refractivity contribution in [3.63, 3.8) is 0 Å². The second-order valence-corrected chi connectivity index (χ2v) is 6.13. The van der Waals surface area contributed by atoms with Gasteiger partial charge in [0.15, 0.2) is 0 Å². The fourth-order valence-electron chi connectivity index (χ4n) is 3.78. The van der Waals surface area contributed by atoms with Gasteiger partial charge in [-0.15, -0.1) is 0 Å². The Morgan fingerprint density at radius 3 is 2.67 bits per heavy atom. The van der Waals surface area contributed by atoms with Crippen LogP contribution in [0.2, 0.25) is 0 Å². The van der Waals surface area contributed by atoms with E-state index >= 15 is 0 Å². The lowest BCUT2D eigenvalue weighted by molar-refractivity contribution is 0.0420. The summed E-state index contributed by atoms with van der Waals surface area (Å²) < 4.78 is 6.44. The molecule has 2 aliphatic rings. The van der Waals surface area contributed by atoms with Crippen LogP contribution < -0.4 is 10.5 Å². The van der Waals surface area contributed by atoms with E-state index < -0.39 is 0 Å². The molecule has 1 heterocycles. The van der Waals surface area contributed by atoms with E-state index in [1.807, 2.05) is 0 Å². The van der Waals surface area contributed by atoms with Crippen molar-refractivity contribution in [2.24, 2.45) is 5.73 Å². The van der Waals surface area contributed by atoms with Crippen molar-refractivity contribution in [1.82, 2.24) is 0 Å². The van der Waals surface area contributed by atoms with Gasteiger partial charge in [0, 0.05) is 5.92 Å². The number of hydrogen-bond donors (Lipinski definition) is 1. The van der Waals surface area contributed by atoms with Gasteiger partial charge in [-0.05, 0) is 63.6 Å². The molecule has 1 spiro atoms. The van der Waals surface area contributed by atoms with E-state index in [9.17, 15) is 0 Å². The van der Waals surface area contributed by atoms with E-state index in [-0.39, 0.29) is 5.60 Å². The van der Waals surface area contributed by atoms with Crippen molar-refractivity contribution in [3.05, 3.63) is 28.8 Å². The molecule has 0 aromatic heterocycles. The normalized spacial score (nSPS) is 24.9. The quantitative estimate of drug-likeness (QED) is 0.822. The number of hydrogen-bond acceptors (Lipinski definition) is 2. The van der Waals surface area contributed by atoms with Gasteiger partial charge in [-0.25, -0.2) is 0 Å². The summed E-state index contributed by atoms with van der Waals surface area (Å²) in [7, 11) is 0. The molecule has 1 aliphatic carbocycles. The highest BCUT2D eigenvalue weighted by atomic mass is 16.5. The van der Waals surface area contributed by atoms with Gasteiger partial charge in [-0.2, -0.15) is 0 Å². The molecule has 18 heavy (non-hydrogen) atoms. The standard InChI is InChI=1S/C16H23NO/c1-11-7-12(2)15-14(8-11)13(10-17)9-16(18-15)5-3-4-6-16/h7-8,13H,3-6,9-10,17H2,1-2H3. The first-order valence-corrected chi connectivity index (χ1v) is 7.14. The molecule has 1 fully saturated rings. The fourth-order valence-corrected chi connectivity index (χ4v) is 3.78. The summed E-state index contributed by atoms with van der Waals surface area (Å²) in [6.07, 6.45) is 6.13. The largest absolute Gasteiger partial charge is 0.487 e. The zero-order valence-electron chi connectivity index (χ0n) is 11.5. The first-order chi connectivity index (χ1) is 8.63. The maximum Gasteiger partial charge on any atom is 0.126 e. The number of benzene rings is 1. The topological polar surface area (TPSA) is 35.2 Å². The van der Waals surface area contributed by atoms with E-state index in [4.69, 9.17) is 10.5 Å². The minimum Gasteiger partial charge on any atom is -0.487 e. The average Bonchev–Trinajstić information content (AvgIpc) is 2.78. The van der Waals surface area contributed by atoms with Crippen molar-refractivity contribution in [2.75, 3.05) is 6.54 Å². The van der Waals surface area contributed by atoms with Crippen molar-refractivity contribution in [3.8, 4) is 5.75 Å². The molecule has 0 bridgehead atoms. The molecule has 0 radical (unpaired) electrons. The maximum absolute atomic E-state index is 6.44. The number of fused-ring (bicyclic) bond motifs is 1. The highest BCUT2D eigenvalue weighted by Gasteiger charge is 2.43. The second-order valence-electron chi connectivity index (χ2n) is 6.13. The average molecular weight is 245 g/mol. The lowest BCUT2D eigenvalue weighted by Gasteiger charge is -2.40. The van der Waals surface area contributed by atoms with Crippen LogP contribution in [0.3, 0.4) is 0 Å². The van der Waals surface area contributed by atoms with Crippen LogP contribution in [-0.2, 0) is 0 Å². The van der Waals surface area contributed by atoms with Gasteiger partial charge in [-0.1, -0.05) is 17.7 Å². The van der Waals surface area contributed by atoms with E-state index in [1.54, 1.807) is 0 Å². The Hall–Kier alpha value is -1.02. The lowest BCUT2D eigenvalue weighted by atomic mass is 9.80. The third kappa shape index (κ3) is 1.83. The molecule has 1 unspecified atom stereocenters. The third-order valence-electron chi connectivity index (χ3n) is 4.62. The first-order valence-electron chi connectivity index (χ1n) is 7.14. The summed E-state index contributed by atoms with van der Waals surface area (Å²) in [6, 6.07) is 4.49. The molecule has 1 saturated carbocycles. The SMILES string of the molecule is Cc1cc(C)c2c(c1)C(CN)CC1(CCCC1)O2. The number of rotatable bonds is 1. The Kier molecular flexibility index (Phi) is 2.86. The summed E-state index contributed by atoms with van der Waals surface area (Å²) in [6.45, 7) is 5.05. The minimum absolute atomic E-state index is 0.0943. The van der Waals surface area contributed by atoms with E-state index in [0.29, 0.717) is 5.92 Å². The molecule has 1 aliphatic heterocycles. The molecular formula is C16H23NO. The molecule has 98 valence electrons. The van der Waals surface area contributed by atoms with Gasteiger partial charge in [-0.3, -0.25) is 0 Å². The Labute approximate surface area is 110 Å². The molecule has 1 aromatic rings. The van der Waals surface area contributed by atoms with Crippen molar-refractivity contribution in [1.29, 1.82) is 0 Å². The monoisotopic (exact) mass is 245 g/mol. The first kappa shape index (κ1) is 12.0. The van der Waals surface area contributed by atoms with Crippen molar-refractivity contribution in [2.45, 2.75) is 57.5 Å². The van der Waals surface area contributed by atoms with Gasteiger partial charge in [0.2, 0.25) is 0 Å². The van der Waals surface area contributed by atoms with Crippen molar-refractivity contribution < 1.29 is 4.74 Å². The van der Waals surface area contributed by atoms with E-state index in [1.165, 1.54) is 42.4 Å². The molecule has 2 N–H and O–H groups in total. The second kappa shape index (κ2) is 4.27. The summed E-state index contributed by atoms with van der Waals surface area (Å²) in [4.78, 5) is 0. The molecule has 2 heteroatoms. The summed E-state index contributed by atoms with van der Waals surface area (Å²) in [5.41, 5.74) is 10.0. The molecule has 0 saturated heterocycles. The predicted octanol–water partition coefficient (Wildman–Crippen LogP) is 3.44. The zero-order valence-corrected chi connectivity index (χ0v) is 11.5. The van der Waals surface area contributed by atoms with Crippen LogP contribution in [0.15, 0.2) is 12.1 Å². The fraction of sp³-hybridized carbons (Fsp3) is 0.625. The Balaban J connectivity index is 2.06. The van der Waals surface area contributed by atoms with Crippen LogP contribution in [0.25, 0.3) is 0 Å². The molecule has 1 aromatic carbocycles. The Bertz CT molecular complexity index is 460. The van der Waals surface area contributed by atoms with Gasteiger partial charge < -0.3 is 10.5 Å². The molecular weight excluding hydrogens is 222 g/mol. The lowest BCUT2D eigenvalue weighted by Crippen LogP contribution is -2.40. The Morgan fingerprint density at radius 2 is 2.00 bits per heavy atom. The maximum atomic E-state index is 6.44. The van der Waals surface area contributed by atoms with E-state index in [2.05, 4.69) is 26.0 Å². The Morgan fingerprint density at radius 1 is 1.28 bits per heavy atom. The summed E-state index contributed by atoms with van der Waals surface area (Å²) in [5, 5.41) is 0. The van der Waals surface area contributed by atoms with Crippen LogP contribution in [0.5, 0.6) is 5.75 Å².